The van der Waals surface area contributed by atoms with Crippen molar-refractivity contribution < 1.29 is 17.9 Å². The van der Waals surface area contributed by atoms with Gasteiger partial charge in [0.2, 0.25) is 10.0 Å². The van der Waals surface area contributed by atoms with Crippen LogP contribution in [-0.4, -0.2) is 56.0 Å². The van der Waals surface area contributed by atoms with Gasteiger partial charge in [0.05, 0.1) is 22.6 Å². The molecule has 150 valence electrons. The van der Waals surface area contributed by atoms with E-state index in [2.05, 4.69) is 5.32 Å². The summed E-state index contributed by atoms with van der Waals surface area (Å²) in [5.74, 6) is -0.208. The summed E-state index contributed by atoms with van der Waals surface area (Å²) in [4.78, 5) is 12.8. The van der Waals surface area contributed by atoms with Gasteiger partial charge in [0.15, 0.2) is 0 Å². The van der Waals surface area contributed by atoms with Gasteiger partial charge in [0.1, 0.15) is 0 Å². The molecule has 1 aromatic rings. The van der Waals surface area contributed by atoms with Crippen LogP contribution >= 0.6 is 0 Å². The van der Waals surface area contributed by atoms with Crippen molar-refractivity contribution in [1.82, 2.24) is 9.62 Å². The highest BCUT2D eigenvalue weighted by atomic mass is 32.2. The van der Waals surface area contributed by atoms with Gasteiger partial charge in [-0.2, -0.15) is 4.31 Å². The first kappa shape index (κ1) is 20.3. The van der Waals surface area contributed by atoms with Gasteiger partial charge in [-0.15, -0.1) is 0 Å². The lowest BCUT2D eigenvalue weighted by molar-refractivity contribution is -0.0440. The molecule has 3 rings (SSSR count). The molecule has 2 fully saturated rings. The molecule has 8 heteroatoms. The normalized spacial score (nSPS) is 26.0. The lowest BCUT2D eigenvalue weighted by atomic mass is 9.97. The summed E-state index contributed by atoms with van der Waals surface area (Å²) in [5.41, 5.74) is 5.98. The number of nitrogens with two attached hydrogens (primary N) is 1. The van der Waals surface area contributed by atoms with Crippen LogP contribution < -0.4 is 11.1 Å². The van der Waals surface area contributed by atoms with Gasteiger partial charge >= 0.3 is 0 Å². The number of nitrogens with one attached hydrogen (secondary N) is 1. The van der Waals surface area contributed by atoms with Crippen molar-refractivity contribution in [3.8, 4) is 0 Å². The number of carbonyl (C=O) groups is 1. The van der Waals surface area contributed by atoms with E-state index in [4.69, 9.17) is 10.5 Å². The van der Waals surface area contributed by atoms with E-state index in [1.54, 1.807) is 12.1 Å². The van der Waals surface area contributed by atoms with Gasteiger partial charge in [-0.25, -0.2) is 8.42 Å². The highest BCUT2D eigenvalue weighted by molar-refractivity contribution is 7.89. The van der Waals surface area contributed by atoms with Crippen molar-refractivity contribution >= 4 is 15.9 Å². The fourth-order valence-electron chi connectivity index (χ4n) is 4.00. The Bertz CT molecular complexity index is 763. The van der Waals surface area contributed by atoms with E-state index < -0.39 is 10.0 Å². The number of hydrogen-bond acceptors (Lipinski definition) is 5. The molecule has 1 amide bonds. The maximum atomic E-state index is 12.9. The second-order valence-electron chi connectivity index (χ2n) is 7.75. The lowest BCUT2D eigenvalue weighted by Gasteiger charge is -2.34. The molecule has 2 aliphatic rings. The zero-order valence-corrected chi connectivity index (χ0v) is 16.8. The molecule has 1 heterocycles. The van der Waals surface area contributed by atoms with Gasteiger partial charge in [-0.05, 0) is 51.0 Å². The molecule has 0 bridgehead atoms. The van der Waals surface area contributed by atoms with Crippen LogP contribution in [0.25, 0.3) is 0 Å². The maximum Gasteiger partial charge on any atom is 0.251 e. The fourth-order valence-corrected chi connectivity index (χ4v) is 5.59. The average molecular weight is 396 g/mol. The van der Waals surface area contributed by atoms with Gasteiger partial charge in [0.25, 0.3) is 5.91 Å². The van der Waals surface area contributed by atoms with E-state index >= 15 is 0 Å². The monoisotopic (exact) mass is 395 g/mol. The van der Waals surface area contributed by atoms with E-state index in [1.165, 1.54) is 16.4 Å². The highest BCUT2D eigenvalue weighted by Crippen LogP contribution is 2.29. The molecule has 0 aromatic heterocycles. The Kier molecular flexibility index (Phi) is 5.90. The third kappa shape index (κ3) is 4.34. The van der Waals surface area contributed by atoms with Crippen molar-refractivity contribution in [2.45, 2.75) is 62.2 Å². The molecule has 1 aromatic carbocycles. The minimum atomic E-state index is -3.61. The van der Waals surface area contributed by atoms with Crippen LogP contribution in [0.15, 0.2) is 29.2 Å². The Hall–Kier alpha value is -1.48. The third-order valence-electron chi connectivity index (χ3n) is 5.47. The first-order chi connectivity index (χ1) is 12.8. The van der Waals surface area contributed by atoms with Crippen molar-refractivity contribution in [1.29, 1.82) is 0 Å². The Morgan fingerprint density at radius 3 is 2.26 bits per heavy atom. The first-order valence-electron chi connectivity index (χ1n) is 9.54. The Balaban J connectivity index is 1.73. The summed E-state index contributed by atoms with van der Waals surface area (Å²) in [6.07, 6.45) is 3.60. The van der Waals surface area contributed by atoms with Crippen LogP contribution in [0.3, 0.4) is 0 Å². The van der Waals surface area contributed by atoms with Crippen molar-refractivity contribution in [2.24, 2.45) is 5.73 Å². The molecular weight excluding hydrogens is 366 g/mol. The van der Waals surface area contributed by atoms with Gasteiger partial charge < -0.3 is 15.8 Å². The van der Waals surface area contributed by atoms with Crippen LogP contribution in [-0.2, 0) is 14.8 Å². The predicted molar refractivity (Wildman–Crippen MR) is 103 cm³/mol. The number of carbonyl (C=O) groups excluding carboxylic acids is 1. The lowest BCUT2D eigenvalue weighted by Crippen LogP contribution is -2.51. The largest absolute Gasteiger partial charge is 0.373 e. The fraction of sp³-hybridized carbons (Fsp3) is 0.632. The number of rotatable bonds is 5. The Morgan fingerprint density at radius 2 is 1.74 bits per heavy atom. The molecule has 1 saturated heterocycles. The smallest absolute Gasteiger partial charge is 0.251 e. The number of morpholine rings is 1. The van der Waals surface area contributed by atoms with Crippen molar-refractivity contribution in [3.05, 3.63) is 29.8 Å². The molecule has 1 aliphatic carbocycles. The van der Waals surface area contributed by atoms with Gasteiger partial charge in [-0.1, -0.05) is 12.8 Å². The minimum Gasteiger partial charge on any atom is -0.373 e. The molecule has 7 nitrogen and oxygen atoms in total. The van der Waals surface area contributed by atoms with E-state index in [0.29, 0.717) is 25.2 Å². The van der Waals surface area contributed by atoms with E-state index in [1.807, 2.05) is 13.8 Å². The second-order valence-corrected chi connectivity index (χ2v) is 9.69. The molecule has 27 heavy (non-hydrogen) atoms. The highest BCUT2D eigenvalue weighted by Gasteiger charge is 2.35. The molecule has 3 N–H and O–H groups in total. The minimum absolute atomic E-state index is 0.146. The summed E-state index contributed by atoms with van der Waals surface area (Å²) in [7, 11) is -3.61. The molecule has 1 saturated carbocycles. The van der Waals surface area contributed by atoms with Crippen molar-refractivity contribution in [3.63, 3.8) is 0 Å². The number of ether oxygens (including phenoxy) is 1. The Labute approximate surface area is 161 Å². The predicted octanol–water partition coefficient (Wildman–Crippen LogP) is 1.49. The molecular formula is C19H29N3O4S. The molecule has 0 spiro atoms. The summed E-state index contributed by atoms with van der Waals surface area (Å²) in [5, 5.41) is 3.05. The maximum absolute atomic E-state index is 12.9. The Morgan fingerprint density at radius 1 is 1.19 bits per heavy atom. The average Bonchev–Trinajstić information content (AvgIpc) is 3.10. The third-order valence-corrected chi connectivity index (χ3v) is 7.32. The van der Waals surface area contributed by atoms with E-state index in [0.717, 1.165) is 25.7 Å². The number of sulfonamides is 1. The summed E-state index contributed by atoms with van der Waals surface area (Å²) >= 11 is 0. The first-order valence-corrected chi connectivity index (χ1v) is 11.0. The summed E-state index contributed by atoms with van der Waals surface area (Å²) in [6, 6.07) is 6.13. The van der Waals surface area contributed by atoms with Crippen molar-refractivity contribution in [2.75, 3.05) is 19.6 Å². The number of nitrogens with zero attached hydrogens (tertiary/aromatic N) is 1. The van der Waals surface area contributed by atoms with Crippen LogP contribution in [0.1, 0.15) is 49.9 Å². The van der Waals surface area contributed by atoms with Crippen LogP contribution in [0.4, 0.5) is 0 Å². The summed E-state index contributed by atoms with van der Waals surface area (Å²) in [6.45, 7) is 4.80. The van der Waals surface area contributed by atoms with Crippen LogP contribution in [0.2, 0.25) is 0 Å². The second kappa shape index (κ2) is 7.87. The number of benzene rings is 1. The molecule has 2 unspecified atom stereocenters. The molecule has 2 atom stereocenters. The topological polar surface area (TPSA) is 102 Å². The van der Waals surface area contributed by atoms with Gasteiger partial charge in [0, 0.05) is 25.2 Å². The number of hydrogen-bond donors (Lipinski definition) is 2. The van der Waals surface area contributed by atoms with E-state index in [-0.39, 0.29) is 28.5 Å². The zero-order valence-electron chi connectivity index (χ0n) is 16.0. The zero-order chi connectivity index (χ0) is 19.7. The van der Waals surface area contributed by atoms with Crippen LogP contribution in [0, 0.1) is 0 Å². The number of amides is 1. The summed E-state index contributed by atoms with van der Waals surface area (Å²) < 4.78 is 32.8. The quantitative estimate of drug-likeness (QED) is 0.786. The molecule has 1 aliphatic heterocycles. The van der Waals surface area contributed by atoms with Gasteiger partial charge in [-0.3, -0.25) is 4.79 Å². The van der Waals surface area contributed by atoms with Crippen LogP contribution in [0.5, 0.6) is 0 Å². The molecule has 0 radical (unpaired) electrons. The SMILES string of the molecule is CC1CN(S(=O)(=O)c2ccc(C(=O)NC3(CN)CCCC3)cc2)CC(C)O1. The standard InChI is InChI=1S/C19H29N3O4S/c1-14-11-22(12-15(2)26-14)27(24,25)17-7-5-16(6-8-17)18(23)21-19(13-20)9-3-4-10-19/h5-8,14-15H,3-4,9-13,20H2,1-2H3,(H,21,23). The van der Waals surface area contributed by atoms with E-state index in [9.17, 15) is 13.2 Å².